The first kappa shape index (κ1) is 15.1. The number of ether oxygens (including phenoxy) is 1. The summed E-state index contributed by atoms with van der Waals surface area (Å²) in [5.41, 5.74) is 2.30. The Hall–Kier alpha value is -2.29. The molecular weight excluding hydrogens is 262 g/mol. The minimum absolute atomic E-state index is 0.0796. The van der Waals surface area contributed by atoms with Crippen LogP contribution in [0.5, 0.6) is 5.75 Å². The van der Waals surface area contributed by atoms with Gasteiger partial charge in [-0.1, -0.05) is 42.5 Å². The van der Waals surface area contributed by atoms with Crippen molar-refractivity contribution in [1.29, 1.82) is 0 Å². The summed E-state index contributed by atoms with van der Waals surface area (Å²) in [5.74, 6) is 0.950. The number of aryl methyl sites for hydroxylation is 1. The maximum atomic E-state index is 11.8. The number of rotatable bonds is 7. The normalized spacial score (nSPS) is 10.1. The standard InChI is InChI=1S/C18H21NO2/c1-21-17-11-9-15(10-12-17)8-5-13-19-18(20)14-16-6-3-2-4-7-16/h2-4,6-7,9-12H,5,8,13-14H2,1H3,(H,19,20). The summed E-state index contributed by atoms with van der Waals surface area (Å²) in [7, 11) is 1.66. The summed E-state index contributed by atoms with van der Waals surface area (Å²) >= 11 is 0. The van der Waals surface area contributed by atoms with Gasteiger partial charge in [0.15, 0.2) is 0 Å². The van der Waals surface area contributed by atoms with Crippen LogP contribution < -0.4 is 10.1 Å². The largest absolute Gasteiger partial charge is 0.497 e. The number of methoxy groups -OCH3 is 1. The van der Waals surface area contributed by atoms with Gasteiger partial charge in [0.25, 0.3) is 0 Å². The van der Waals surface area contributed by atoms with E-state index in [1.165, 1.54) is 5.56 Å². The predicted octanol–water partition coefficient (Wildman–Crippen LogP) is 2.99. The van der Waals surface area contributed by atoms with E-state index in [2.05, 4.69) is 17.4 Å². The van der Waals surface area contributed by atoms with Gasteiger partial charge in [-0.25, -0.2) is 0 Å². The molecule has 3 nitrogen and oxygen atoms in total. The van der Waals surface area contributed by atoms with Crippen molar-refractivity contribution in [2.75, 3.05) is 13.7 Å². The van der Waals surface area contributed by atoms with Gasteiger partial charge in [-0.3, -0.25) is 4.79 Å². The Kier molecular flexibility index (Phi) is 5.83. The van der Waals surface area contributed by atoms with Gasteiger partial charge in [0.2, 0.25) is 5.91 Å². The predicted molar refractivity (Wildman–Crippen MR) is 84.5 cm³/mol. The minimum atomic E-state index is 0.0796. The summed E-state index contributed by atoms with van der Waals surface area (Å²) in [6.07, 6.45) is 2.34. The van der Waals surface area contributed by atoms with Gasteiger partial charge < -0.3 is 10.1 Å². The maximum absolute atomic E-state index is 11.8. The molecule has 110 valence electrons. The van der Waals surface area contributed by atoms with Crippen molar-refractivity contribution in [3.8, 4) is 5.75 Å². The van der Waals surface area contributed by atoms with Crippen LogP contribution in [0.15, 0.2) is 54.6 Å². The van der Waals surface area contributed by atoms with E-state index >= 15 is 0 Å². The van der Waals surface area contributed by atoms with Gasteiger partial charge in [0.1, 0.15) is 5.75 Å². The van der Waals surface area contributed by atoms with Crippen molar-refractivity contribution < 1.29 is 9.53 Å². The fraction of sp³-hybridized carbons (Fsp3) is 0.278. The zero-order valence-electron chi connectivity index (χ0n) is 12.3. The van der Waals surface area contributed by atoms with E-state index in [1.54, 1.807) is 7.11 Å². The molecule has 0 unspecified atom stereocenters. The van der Waals surface area contributed by atoms with Crippen LogP contribution in [0.1, 0.15) is 17.5 Å². The lowest BCUT2D eigenvalue weighted by Gasteiger charge is -2.06. The molecule has 0 bridgehead atoms. The number of carbonyl (C=O) groups excluding carboxylic acids is 1. The minimum Gasteiger partial charge on any atom is -0.497 e. The summed E-state index contributed by atoms with van der Waals surface area (Å²) < 4.78 is 5.13. The van der Waals surface area contributed by atoms with Crippen molar-refractivity contribution in [3.05, 3.63) is 65.7 Å². The van der Waals surface area contributed by atoms with Crippen LogP contribution in [-0.2, 0) is 17.6 Å². The van der Waals surface area contributed by atoms with E-state index < -0.39 is 0 Å². The van der Waals surface area contributed by atoms with E-state index in [9.17, 15) is 4.79 Å². The van der Waals surface area contributed by atoms with Gasteiger partial charge in [-0.2, -0.15) is 0 Å². The van der Waals surface area contributed by atoms with Crippen LogP contribution in [0.25, 0.3) is 0 Å². The molecule has 0 aliphatic rings. The lowest BCUT2D eigenvalue weighted by Crippen LogP contribution is -2.26. The molecule has 0 atom stereocenters. The molecule has 0 radical (unpaired) electrons. The van der Waals surface area contributed by atoms with Crippen molar-refractivity contribution in [1.82, 2.24) is 5.32 Å². The van der Waals surface area contributed by atoms with Crippen LogP contribution in [-0.4, -0.2) is 19.6 Å². The Labute approximate surface area is 126 Å². The molecular formula is C18H21NO2. The topological polar surface area (TPSA) is 38.3 Å². The molecule has 0 aromatic heterocycles. The molecule has 0 heterocycles. The molecule has 2 aromatic carbocycles. The van der Waals surface area contributed by atoms with Crippen LogP contribution in [0.4, 0.5) is 0 Å². The Balaban J connectivity index is 1.66. The Morgan fingerprint density at radius 3 is 2.38 bits per heavy atom. The lowest BCUT2D eigenvalue weighted by atomic mass is 10.1. The van der Waals surface area contributed by atoms with Crippen LogP contribution in [0.2, 0.25) is 0 Å². The summed E-state index contributed by atoms with van der Waals surface area (Å²) in [6, 6.07) is 17.8. The highest BCUT2D eigenvalue weighted by Crippen LogP contribution is 2.12. The quantitative estimate of drug-likeness (QED) is 0.793. The Morgan fingerprint density at radius 1 is 1.00 bits per heavy atom. The van der Waals surface area contributed by atoms with Crippen molar-refractivity contribution in [2.24, 2.45) is 0 Å². The molecule has 1 amide bonds. The summed E-state index contributed by atoms with van der Waals surface area (Å²) in [5, 5.41) is 2.96. The molecule has 3 heteroatoms. The first-order valence-corrected chi connectivity index (χ1v) is 7.21. The second-order valence-electron chi connectivity index (χ2n) is 4.96. The second-order valence-corrected chi connectivity index (χ2v) is 4.96. The second kappa shape index (κ2) is 8.10. The smallest absolute Gasteiger partial charge is 0.224 e. The van der Waals surface area contributed by atoms with Crippen molar-refractivity contribution in [3.63, 3.8) is 0 Å². The molecule has 0 spiro atoms. The molecule has 21 heavy (non-hydrogen) atoms. The monoisotopic (exact) mass is 283 g/mol. The molecule has 0 saturated carbocycles. The number of hydrogen-bond donors (Lipinski definition) is 1. The van der Waals surface area contributed by atoms with Gasteiger partial charge in [0, 0.05) is 6.54 Å². The molecule has 2 aromatic rings. The highest BCUT2D eigenvalue weighted by Gasteiger charge is 2.02. The number of hydrogen-bond acceptors (Lipinski definition) is 2. The first-order chi connectivity index (χ1) is 10.3. The SMILES string of the molecule is COc1ccc(CCCNC(=O)Cc2ccccc2)cc1. The van der Waals surface area contributed by atoms with Crippen molar-refractivity contribution in [2.45, 2.75) is 19.3 Å². The third-order valence-electron chi connectivity index (χ3n) is 3.33. The highest BCUT2D eigenvalue weighted by atomic mass is 16.5. The molecule has 0 saturated heterocycles. The Morgan fingerprint density at radius 2 is 1.71 bits per heavy atom. The fourth-order valence-electron chi connectivity index (χ4n) is 2.16. The summed E-state index contributed by atoms with van der Waals surface area (Å²) in [4.78, 5) is 11.8. The van der Waals surface area contributed by atoms with Gasteiger partial charge >= 0.3 is 0 Å². The lowest BCUT2D eigenvalue weighted by molar-refractivity contribution is -0.120. The average Bonchev–Trinajstić information content (AvgIpc) is 2.53. The highest BCUT2D eigenvalue weighted by molar-refractivity contribution is 5.78. The zero-order chi connectivity index (χ0) is 14.9. The Bertz CT molecular complexity index is 549. The number of amides is 1. The van der Waals surface area contributed by atoms with E-state index in [0.29, 0.717) is 13.0 Å². The van der Waals surface area contributed by atoms with Crippen molar-refractivity contribution >= 4 is 5.91 Å². The zero-order valence-corrected chi connectivity index (χ0v) is 12.3. The van der Waals surface area contributed by atoms with E-state index in [-0.39, 0.29) is 5.91 Å². The van der Waals surface area contributed by atoms with E-state index in [1.807, 2.05) is 42.5 Å². The van der Waals surface area contributed by atoms with Gasteiger partial charge in [-0.15, -0.1) is 0 Å². The van der Waals surface area contributed by atoms with E-state index in [4.69, 9.17) is 4.74 Å². The first-order valence-electron chi connectivity index (χ1n) is 7.21. The maximum Gasteiger partial charge on any atom is 0.224 e. The van der Waals surface area contributed by atoms with Crippen LogP contribution >= 0.6 is 0 Å². The average molecular weight is 283 g/mol. The van der Waals surface area contributed by atoms with Crippen LogP contribution in [0.3, 0.4) is 0 Å². The molecule has 0 aliphatic heterocycles. The van der Waals surface area contributed by atoms with Crippen LogP contribution in [0, 0.1) is 0 Å². The molecule has 1 N–H and O–H groups in total. The molecule has 0 aliphatic carbocycles. The third-order valence-corrected chi connectivity index (χ3v) is 3.33. The number of nitrogens with one attached hydrogen (secondary N) is 1. The molecule has 2 rings (SSSR count). The molecule has 0 fully saturated rings. The fourth-order valence-corrected chi connectivity index (χ4v) is 2.16. The number of carbonyl (C=O) groups is 1. The van der Waals surface area contributed by atoms with Gasteiger partial charge in [-0.05, 0) is 36.1 Å². The van der Waals surface area contributed by atoms with E-state index in [0.717, 1.165) is 24.2 Å². The number of benzene rings is 2. The summed E-state index contributed by atoms with van der Waals surface area (Å²) in [6.45, 7) is 0.706. The van der Waals surface area contributed by atoms with Gasteiger partial charge in [0.05, 0.1) is 13.5 Å². The third kappa shape index (κ3) is 5.30.